The van der Waals surface area contributed by atoms with Crippen LogP contribution in [0.4, 0.5) is 5.69 Å². The van der Waals surface area contributed by atoms with Crippen molar-refractivity contribution in [1.29, 1.82) is 0 Å². The number of fused-ring (bicyclic) bond motifs is 1. The van der Waals surface area contributed by atoms with Crippen LogP contribution in [0, 0.1) is 0 Å². The third kappa shape index (κ3) is 4.75. The third-order valence-electron chi connectivity index (χ3n) is 4.51. The molecule has 164 valence electrons. The highest BCUT2D eigenvalue weighted by Gasteiger charge is 2.14. The van der Waals surface area contributed by atoms with Crippen molar-refractivity contribution in [3.05, 3.63) is 58.4 Å². The van der Waals surface area contributed by atoms with Gasteiger partial charge in [0.15, 0.2) is 0 Å². The van der Waals surface area contributed by atoms with E-state index in [9.17, 15) is 9.59 Å². The average molecular weight is 453 g/mol. The van der Waals surface area contributed by atoms with Crippen molar-refractivity contribution in [2.45, 2.75) is 17.9 Å². The van der Waals surface area contributed by atoms with Crippen LogP contribution in [0.25, 0.3) is 22.4 Å². The Morgan fingerprint density at radius 3 is 2.47 bits per heavy atom. The van der Waals surface area contributed by atoms with Crippen LogP contribution >= 0.6 is 11.8 Å². The number of benzene rings is 2. The van der Waals surface area contributed by atoms with Crippen molar-refractivity contribution in [3.63, 3.8) is 0 Å². The minimum absolute atomic E-state index is 0.209. The zero-order valence-corrected chi connectivity index (χ0v) is 18.3. The summed E-state index contributed by atoms with van der Waals surface area (Å²) in [6.07, 6.45) is 0. The molecule has 0 radical (unpaired) electrons. The molecule has 2 aromatic heterocycles. The highest BCUT2D eigenvalue weighted by atomic mass is 32.2. The number of hydrogen-bond donors (Lipinski definition) is 1. The van der Waals surface area contributed by atoms with E-state index in [1.165, 1.54) is 24.8 Å². The Kier molecular flexibility index (Phi) is 6.13. The summed E-state index contributed by atoms with van der Waals surface area (Å²) in [7, 11) is 3.13. The summed E-state index contributed by atoms with van der Waals surface area (Å²) in [5, 5.41) is 12.0. The minimum Gasteiger partial charge on any atom is -0.497 e. The van der Waals surface area contributed by atoms with Gasteiger partial charge in [0.2, 0.25) is 11.8 Å². The number of thioether (sulfide) groups is 1. The van der Waals surface area contributed by atoms with Gasteiger partial charge in [0.05, 0.1) is 14.2 Å². The molecule has 4 rings (SSSR count). The summed E-state index contributed by atoms with van der Waals surface area (Å²) in [6, 6.07) is 11.9. The van der Waals surface area contributed by atoms with Crippen LogP contribution < -0.4 is 20.4 Å². The first-order chi connectivity index (χ1) is 15.4. The lowest BCUT2D eigenvalue weighted by Gasteiger charge is -2.07. The van der Waals surface area contributed by atoms with Gasteiger partial charge in [-0.2, -0.15) is 0 Å². The van der Waals surface area contributed by atoms with Crippen LogP contribution in [0.1, 0.15) is 12.5 Å². The summed E-state index contributed by atoms with van der Waals surface area (Å²) in [4.78, 5) is 23.3. The number of rotatable bonds is 7. The summed E-state index contributed by atoms with van der Waals surface area (Å²) in [5.41, 5.74) is 1.86. The van der Waals surface area contributed by atoms with Crippen molar-refractivity contribution in [2.75, 3.05) is 19.5 Å². The van der Waals surface area contributed by atoms with E-state index in [0.717, 1.165) is 10.9 Å². The Balaban J connectivity index is 1.56. The van der Waals surface area contributed by atoms with Crippen LogP contribution in [0.2, 0.25) is 0 Å². The van der Waals surface area contributed by atoms with Crippen LogP contribution in [-0.2, 0) is 10.5 Å². The number of amides is 1. The van der Waals surface area contributed by atoms with Gasteiger partial charge in [-0.3, -0.25) is 4.79 Å². The van der Waals surface area contributed by atoms with Crippen molar-refractivity contribution in [1.82, 2.24) is 10.2 Å². The molecule has 0 aliphatic carbocycles. The fourth-order valence-corrected chi connectivity index (χ4v) is 3.84. The number of nitrogens with zero attached hydrogens (tertiary/aromatic N) is 2. The maximum Gasteiger partial charge on any atom is 0.336 e. The number of methoxy groups -OCH3 is 2. The number of ether oxygens (including phenoxy) is 2. The van der Waals surface area contributed by atoms with Crippen LogP contribution in [0.5, 0.6) is 11.5 Å². The Morgan fingerprint density at radius 2 is 1.78 bits per heavy atom. The molecular weight excluding hydrogens is 434 g/mol. The second-order valence-corrected chi connectivity index (χ2v) is 7.67. The first kappa shape index (κ1) is 21.4. The SMILES string of the molecule is COc1cc(OC)cc(-c2nnc(SCc3cc(=O)oc4cc(NC(C)=O)ccc34)o2)c1. The number of aromatic nitrogens is 2. The van der Waals surface area contributed by atoms with Gasteiger partial charge in [0, 0.05) is 47.5 Å². The summed E-state index contributed by atoms with van der Waals surface area (Å²) in [5.74, 6) is 1.73. The molecule has 2 aromatic carbocycles. The van der Waals surface area contributed by atoms with E-state index in [2.05, 4.69) is 15.5 Å². The Labute approximate surface area is 186 Å². The normalized spacial score (nSPS) is 10.8. The zero-order valence-electron chi connectivity index (χ0n) is 17.5. The smallest absolute Gasteiger partial charge is 0.336 e. The number of nitrogens with one attached hydrogen (secondary N) is 1. The number of carbonyl (C=O) groups excluding carboxylic acids is 1. The quantitative estimate of drug-likeness (QED) is 0.326. The van der Waals surface area contributed by atoms with Crippen LogP contribution in [-0.4, -0.2) is 30.3 Å². The molecule has 0 atom stereocenters. The molecular formula is C22H19N3O6S. The molecule has 1 N–H and O–H groups in total. The minimum atomic E-state index is -0.484. The van der Waals surface area contributed by atoms with Gasteiger partial charge in [0.1, 0.15) is 17.1 Å². The standard InChI is InChI=1S/C22H19N3O6S/c1-12(26)23-15-4-5-18-14(8-20(27)30-19(18)9-15)11-32-22-25-24-21(31-22)13-6-16(28-2)10-17(7-13)29-3/h4-10H,11H2,1-3H3,(H,23,26). The maximum absolute atomic E-state index is 12.0. The molecule has 0 unspecified atom stereocenters. The van der Waals surface area contributed by atoms with Gasteiger partial charge in [-0.25, -0.2) is 4.79 Å². The maximum atomic E-state index is 12.0. The van der Waals surface area contributed by atoms with Crippen LogP contribution in [0.3, 0.4) is 0 Å². The lowest BCUT2D eigenvalue weighted by molar-refractivity contribution is -0.114. The largest absolute Gasteiger partial charge is 0.497 e. The topological polar surface area (TPSA) is 117 Å². The molecule has 32 heavy (non-hydrogen) atoms. The molecule has 10 heteroatoms. The fourth-order valence-electron chi connectivity index (χ4n) is 3.09. The third-order valence-corrected chi connectivity index (χ3v) is 5.37. The van der Waals surface area contributed by atoms with E-state index in [4.69, 9.17) is 18.3 Å². The molecule has 0 aliphatic heterocycles. The first-order valence-electron chi connectivity index (χ1n) is 9.49. The van der Waals surface area contributed by atoms with Gasteiger partial charge in [-0.1, -0.05) is 11.8 Å². The number of carbonyl (C=O) groups is 1. The molecule has 0 bridgehead atoms. The highest BCUT2D eigenvalue weighted by molar-refractivity contribution is 7.98. The lowest BCUT2D eigenvalue weighted by atomic mass is 10.1. The molecule has 1 amide bonds. The Hall–Kier alpha value is -3.79. The molecule has 9 nitrogen and oxygen atoms in total. The van der Waals surface area contributed by atoms with Gasteiger partial charge in [-0.15, -0.1) is 10.2 Å². The summed E-state index contributed by atoms with van der Waals surface area (Å²) >= 11 is 1.29. The van der Waals surface area contributed by atoms with Crippen molar-refractivity contribution in [2.24, 2.45) is 0 Å². The molecule has 0 saturated carbocycles. The average Bonchev–Trinajstić information content (AvgIpc) is 3.25. The molecule has 0 spiro atoms. The Morgan fingerprint density at radius 1 is 1.03 bits per heavy atom. The van der Waals surface area contributed by atoms with Crippen LogP contribution in [0.15, 0.2) is 61.3 Å². The van der Waals surface area contributed by atoms with E-state index < -0.39 is 5.63 Å². The van der Waals surface area contributed by atoms with Crippen molar-refractivity contribution >= 4 is 34.3 Å². The van der Waals surface area contributed by atoms with Gasteiger partial charge in [-0.05, 0) is 29.8 Å². The molecule has 4 aromatic rings. The lowest BCUT2D eigenvalue weighted by Crippen LogP contribution is -2.06. The van der Waals surface area contributed by atoms with Gasteiger partial charge < -0.3 is 23.6 Å². The van der Waals surface area contributed by atoms with E-state index in [1.54, 1.807) is 50.6 Å². The van der Waals surface area contributed by atoms with E-state index >= 15 is 0 Å². The summed E-state index contributed by atoms with van der Waals surface area (Å²) in [6.45, 7) is 1.41. The second-order valence-electron chi connectivity index (χ2n) is 6.75. The highest BCUT2D eigenvalue weighted by Crippen LogP contribution is 2.32. The van der Waals surface area contributed by atoms with Gasteiger partial charge in [0.25, 0.3) is 5.22 Å². The monoisotopic (exact) mass is 453 g/mol. The number of anilines is 1. The van der Waals surface area contributed by atoms with Crippen molar-refractivity contribution < 1.29 is 23.1 Å². The van der Waals surface area contributed by atoms with E-state index in [-0.39, 0.29) is 5.91 Å². The van der Waals surface area contributed by atoms with E-state index in [0.29, 0.717) is 45.2 Å². The second kappa shape index (κ2) is 9.15. The summed E-state index contributed by atoms with van der Waals surface area (Å²) < 4.78 is 21.6. The molecule has 2 heterocycles. The predicted molar refractivity (Wildman–Crippen MR) is 119 cm³/mol. The number of hydrogen-bond acceptors (Lipinski definition) is 9. The zero-order chi connectivity index (χ0) is 22.7. The molecule has 0 saturated heterocycles. The molecule has 0 fully saturated rings. The first-order valence-corrected chi connectivity index (χ1v) is 10.5. The fraction of sp³-hybridized carbons (Fsp3) is 0.182. The Bertz CT molecular complexity index is 1330. The van der Waals surface area contributed by atoms with Crippen molar-refractivity contribution in [3.8, 4) is 23.0 Å². The van der Waals surface area contributed by atoms with E-state index in [1.807, 2.05) is 0 Å². The van der Waals surface area contributed by atoms with Gasteiger partial charge >= 0.3 is 5.63 Å². The molecule has 0 aliphatic rings. The predicted octanol–water partition coefficient (Wildman–Crippen LogP) is 4.11.